The van der Waals surface area contributed by atoms with Crippen LogP contribution in [0.4, 0.5) is 5.00 Å². The van der Waals surface area contributed by atoms with Crippen molar-refractivity contribution in [2.45, 2.75) is 20.8 Å². The molecule has 0 atom stereocenters. The number of anilines is 1. The Hall–Kier alpha value is -2.87. The summed E-state index contributed by atoms with van der Waals surface area (Å²) < 4.78 is 10.4. The molecule has 138 valence electrons. The molecule has 0 bridgehead atoms. The van der Waals surface area contributed by atoms with Crippen molar-refractivity contribution in [2.75, 3.05) is 18.5 Å². The molecule has 8 heteroatoms. The number of amides is 2. The summed E-state index contributed by atoms with van der Waals surface area (Å²) >= 11 is 1.13. The van der Waals surface area contributed by atoms with E-state index in [4.69, 9.17) is 15.2 Å². The van der Waals surface area contributed by atoms with Gasteiger partial charge in [0.05, 0.1) is 17.2 Å². The van der Waals surface area contributed by atoms with E-state index in [0.29, 0.717) is 9.88 Å². The molecule has 0 aliphatic rings. The van der Waals surface area contributed by atoms with Gasteiger partial charge in [0.15, 0.2) is 6.61 Å². The van der Waals surface area contributed by atoms with E-state index in [2.05, 4.69) is 5.32 Å². The molecule has 2 rings (SSSR count). The first-order valence-electron chi connectivity index (χ1n) is 7.92. The summed E-state index contributed by atoms with van der Waals surface area (Å²) in [6.07, 6.45) is 0. The highest BCUT2D eigenvalue weighted by Gasteiger charge is 2.16. The first-order chi connectivity index (χ1) is 12.3. The van der Waals surface area contributed by atoms with Crippen LogP contribution in [0.15, 0.2) is 24.3 Å². The number of aryl methyl sites for hydroxylation is 2. The second-order valence-electron chi connectivity index (χ2n) is 5.54. The molecule has 0 radical (unpaired) electrons. The third-order valence-corrected chi connectivity index (χ3v) is 4.54. The second-order valence-corrected chi connectivity index (χ2v) is 6.60. The van der Waals surface area contributed by atoms with Crippen molar-refractivity contribution in [3.63, 3.8) is 0 Å². The number of hydrogen-bond donors (Lipinski definition) is 2. The van der Waals surface area contributed by atoms with Crippen LogP contribution in [0.5, 0.6) is 5.75 Å². The highest BCUT2D eigenvalue weighted by molar-refractivity contribution is 7.18. The van der Waals surface area contributed by atoms with Crippen molar-refractivity contribution < 1.29 is 23.9 Å². The summed E-state index contributed by atoms with van der Waals surface area (Å²) in [5.74, 6) is -1.22. The normalized spacial score (nSPS) is 10.3. The Morgan fingerprint density at radius 2 is 1.92 bits per heavy atom. The summed E-state index contributed by atoms with van der Waals surface area (Å²) in [7, 11) is 0. The van der Waals surface area contributed by atoms with Crippen LogP contribution >= 0.6 is 11.3 Å². The van der Waals surface area contributed by atoms with Crippen molar-refractivity contribution in [3.8, 4) is 5.75 Å². The van der Waals surface area contributed by atoms with Gasteiger partial charge in [0.25, 0.3) is 11.8 Å². The van der Waals surface area contributed by atoms with Crippen LogP contribution in [0.3, 0.4) is 0 Å². The van der Waals surface area contributed by atoms with Crippen molar-refractivity contribution in [3.05, 3.63) is 45.8 Å². The van der Waals surface area contributed by atoms with Gasteiger partial charge >= 0.3 is 5.97 Å². The van der Waals surface area contributed by atoms with Gasteiger partial charge in [-0.1, -0.05) is 6.07 Å². The van der Waals surface area contributed by atoms with E-state index < -0.39 is 17.8 Å². The highest BCUT2D eigenvalue weighted by Crippen LogP contribution is 2.27. The fourth-order valence-electron chi connectivity index (χ4n) is 2.21. The number of nitrogens with two attached hydrogens (primary N) is 1. The number of primary amides is 1. The summed E-state index contributed by atoms with van der Waals surface area (Å²) in [5, 5.41) is 3.18. The minimum absolute atomic E-state index is 0.208. The molecule has 26 heavy (non-hydrogen) atoms. The molecule has 0 aliphatic carbocycles. The Bertz CT molecular complexity index is 844. The summed E-state index contributed by atoms with van der Waals surface area (Å²) in [6, 6.07) is 6.62. The van der Waals surface area contributed by atoms with Crippen molar-refractivity contribution in [1.29, 1.82) is 0 Å². The predicted octanol–water partition coefficient (Wildman–Crippen LogP) is 2.66. The minimum atomic E-state index is -0.631. The van der Waals surface area contributed by atoms with E-state index in [0.717, 1.165) is 22.5 Å². The lowest BCUT2D eigenvalue weighted by molar-refractivity contribution is -0.118. The van der Waals surface area contributed by atoms with Crippen LogP contribution in [0.2, 0.25) is 0 Å². The van der Waals surface area contributed by atoms with Gasteiger partial charge in [0, 0.05) is 0 Å². The minimum Gasteiger partial charge on any atom is -0.483 e. The van der Waals surface area contributed by atoms with E-state index in [-0.39, 0.29) is 24.5 Å². The standard InChI is InChI=1S/C18H20N2O5S/c1-4-24-18(23)16-11(3)8-15(26-16)20-14(21)9-25-13-7-10(2)5-6-12(13)17(19)22/h5-8H,4,9H2,1-3H3,(H2,19,22)(H,20,21). The van der Waals surface area contributed by atoms with Crippen molar-refractivity contribution in [1.82, 2.24) is 0 Å². The predicted molar refractivity (Wildman–Crippen MR) is 98.8 cm³/mol. The van der Waals surface area contributed by atoms with E-state index in [1.165, 1.54) is 0 Å². The topological polar surface area (TPSA) is 108 Å². The van der Waals surface area contributed by atoms with Gasteiger partial charge in [-0.25, -0.2) is 4.79 Å². The summed E-state index contributed by atoms with van der Waals surface area (Å²) in [4.78, 5) is 35.8. The maximum Gasteiger partial charge on any atom is 0.348 e. The van der Waals surface area contributed by atoms with Crippen LogP contribution < -0.4 is 15.8 Å². The number of carbonyl (C=O) groups excluding carboxylic acids is 3. The fraction of sp³-hybridized carbons (Fsp3) is 0.278. The Kier molecular flexibility index (Phi) is 6.35. The van der Waals surface area contributed by atoms with Crippen LogP contribution in [0.25, 0.3) is 0 Å². The maximum absolute atomic E-state index is 12.1. The first kappa shape index (κ1) is 19.5. The molecule has 2 amide bonds. The molecular weight excluding hydrogens is 356 g/mol. The number of ether oxygens (including phenoxy) is 2. The molecule has 0 fully saturated rings. The lowest BCUT2D eigenvalue weighted by Gasteiger charge is -2.10. The number of benzene rings is 1. The lowest BCUT2D eigenvalue weighted by atomic mass is 10.1. The Morgan fingerprint density at radius 1 is 1.19 bits per heavy atom. The molecule has 0 unspecified atom stereocenters. The maximum atomic E-state index is 12.1. The van der Waals surface area contributed by atoms with E-state index in [1.807, 2.05) is 6.92 Å². The van der Waals surface area contributed by atoms with Gasteiger partial charge in [0.2, 0.25) is 0 Å². The molecule has 0 saturated carbocycles. The molecule has 7 nitrogen and oxygen atoms in total. The SMILES string of the molecule is CCOC(=O)c1sc(NC(=O)COc2cc(C)ccc2C(N)=O)cc1C. The molecule has 1 heterocycles. The lowest BCUT2D eigenvalue weighted by Crippen LogP contribution is -2.21. The van der Waals surface area contributed by atoms with Crippen molar-refractivity contribution >= 4 is 34.1 Å². The zero-order valence-corrected chi connectivity index (χ0v) is 15.6. The number of rotatable bonds is 7. The Labute approximate surface area is 155 Å². The van der Waals surface area contributed by atoms with Gasteiger partial charge in [-0.15, -0.1) is 11.3 Å². The van der Waals surface area contributed by atoms with E-state index in [9.17, 15) is 14.4 Å². The summed E-state index contributed by atoms with van der Waals surface area (Å²) in [6.45, 7) is 5.32. The fourth-order valence-corrected chi connectivity index (χ4v) is 3.19. The van der Waals surface area contributed by atoms with Crippen LogP contribution in [-0.4, -0.2) is 31.0 Å². The Balaban J connectivity index is 2.02. The van der Waals surface area contributed by atoms with Crippen LogP contribution in [-0.2, 0) is 9.53 Å². The molecule has 1 aromatic carbocycles. The second kappa shape index (κ2) is 8.48. The highest BCUT2D eigenvalue weighted by atomic mass is 32.1. The molecule has 0 saturated heterocycles. The average molecular weight is 376 g/mol. The zero-order chi connectivity index (χ0) is 19.3. The largest absolute Gasteiger partial charge is 0.483 e. The quantitative estimate of drug-likeness (QED) is 0.722. The van der Waals surface area contributed by atoms with Gasteiger partial charge in [-0.3, -0.25) is 9.59 Å². The monoisotopic (exact) mass is 376 g/mol. The van der Waals surface area contributed by atoms with E-state index >= 15 is 0 Å². The Morgan fingerprint density at radius 3 is 2.58 bits per heavy atom. The van der Waals surface area contributed by atoms with Gasteiger partial charge in [-0.2, -0.15) is 0 Å². The third kappa shape index (κ3) is 4.82. The summed E-state index contributed by atoms with van der Waals surface area (Å²) in [5.41, 5.74) is 7.11. The number of thiophene rings is 1. The zero-order valence-electron chi connectivity index (χ0n) is 14.8. The van der Waals surface area contributed by atoms with Crippen LogP contribution in [0, 0.1) is 13.8 Å². The molecule has 0 aliphatic heterocycles. The van der Waals surface area contributed by atoms with Gasteiger partial charge in [0.1, 0.15) is 10.6 Å². The number of nitrogens with one attached hydrogen (secondary N) is 1. The van der Waals surface area contributed by atoms with Gasteiger partial charge in [-0.05, 0) is 50.1 Å². The molecule has 0 spiro atoms. The van der Waals surface area contributed by atoms with Gasteiger partial charge < -0.3 is 20.5 Å². The molecular formula is C18H20N2O5S. The number of hydrogen-bond acceptors (Lipinski definition) is 6. The average Bonchev–Trinajstić information content (AvgIpc) is 2.93. The number of carbonyl (C=O) groups is 3. The first-order valence-corrected chi connectivity index (χ1v) is 8.74. The molecule has 3 N–H and O–H groups in total. The van der Waals surface area contributed by atoms with Crippen LogP contribution in [0.1, 0.15) is 38.1 Å². The molecule has 1 aromatic heterocycles. The number of esters is 1. The molecule has 2 aromatic rings. The van der Waals surface area contributed by atoms with Crippen molar-refractivity contribution in [2.24, 2.45) is 5.73 Å². The van der Waals surface area contributed by atoms with E-state index in [1.54, 1.807) is 38.1 Å². The smallest absolute Gasteiger partial charge is 0.348 e. The third-order valence-electron chi connectivity index (χ3n) is 3.40.